The van der Waals surface area contributed by atoms with Gasteiger partial charge in [-0.25, -0.2) is 0 Å². The molecule has 0 radical (unpaired) electrons. The Morgan fingerprint density at radius 2 is 0.573 bits per heavy atom. The van der Waals surface area contributed by atoms with E-state index in [4.69, 9.17) is 0 Å². The molecule has 3 nitrogen and oxygen atoms in total. The van der Waals surface area contributed by atoms with Crippen molar-refractivity contribution < 1.29 is 0 Å². The van der Waals surface area contributed by atoms with Crippen LogP contribution in [-0.4, -0.2) is 21.8 Å². The molecule has 82 heavy (non-hydrogen) atoms. The molecule has 4 heteroatoms. The van der Waals surface area contributed by atoms with Crippen LogP contribution < -0.4 is 20.7 Å². The molecule has 0 bridgehead atoms. The molecule has 0 saturated heterocycles. The van der Waals surface area contributed by atoms with Gasteiger partial charge in [-0.05, 0) is 133 Å². The maximum absolute atomic E-state index is 2.92. The van der Waals surface area contributed by atoms with E-state index >= 15 is 0 Å². The minimum Gasteiger partial charge on any atom is -0.309 e. The molecule has 3 aromatic heterocycles. The van der Waals surface area contributed by atoms with Crippen LogP contribution >= 0.6 is 0 Å². The Hall–Kier alpha value is -10.5. The van der Waals surface area contributed by atoms with Gasteiger partial charge in [0.2, 0.25) is 0 Å². The van der Waals surface area contributed by atoms with Gasteiger partial charge in [-0.15, -0.1) is 0 Å². The molecule has 0 amide bonds. The van der Waals surface area contributed by atoms with Gasteiger partial charge in [0.15, 0.2) is 8.07 Å². The lowest BCUT2D eigenvalue weighted by Gasteiger charge is -2.34. The van der Waals surface area contributed by atoms with E-state index in [0.29, 0.717) is 0 Å². The smallest absolute Gasteiger partial charge is 0.179 e. The van der Waals surface area contributed by atoms with E-state index in [2.05, 4.69) is 335 Å². The third kappa shape index (κ3) is 7.50. The van der Waals surface area contributed by atoms with Crippen LogP contribution in [0, 0.1) is 0 Å². The molecule has 0 saturated carbocycles. The van der Waals surface area contributed by atoms with E-state index < -0.39 is 8.07 Å². The first-order valence-corrected chi connectivity index (χ1v) is 30.3. The van der Waals surface area contributed by atoms with E-state index in [1.54, 1.807) is 0 Å². The average molecular weight is 1060 g/mol. The molecule has 0 aliphatic carbocycles. The topological polar surface area (TPSA) is 14.8 Å². The van der Waals surface area contributed by atoms with Crippen molar-refractivity contribution in [2.24, 2.45) is 0 Å². The van der Waals surface area contributed by atoms with Crippen LogP contribution in [0.2, 0.25) is 0 Å². The monoisotopic (exact) mass is 1060 g/mol. The molecule has 16 aromatic rings. The average Bonchev–Trinajstić information content (AvgIpc) is 2.63. The number of hydrogen-bond donors (Lipinski definition) is 0. The van der Waals surface area contributed by atoms with Crippen molar-refractivity contribution in [3.63, 3.8) is 0 Å². The summed E-state index contributed by atoms with van der Waals surface area (Å²) >= 11 is 0. The fourth-order valence-electron chi connectivity index (χ4n) is 13.6. The second-order valence-corrected chi connectivity index (χ2v) is 25.4. The number of fused-ring (bicyclic) bond motifs is 9. The molecule has 0 atom stereocenters. The van der Waals surface area contributed by atoms with Gasteiger partial charge in [0.1, 0.15) is 0 Å². The molecule has 3 heterocycles. The van der Waals surface area contributed by atoms with E-state index in [-0.39, 0.29) is 0 Å². The molecule has 0 spiro atoms. The Kier molecular flexibility index (Phi) is 11.2. The highest BCUT2D eigenvalue weighted by Gasteiger charge is 2.41. The van der Waals surface area contributed by atoms with Gasteiger partial charge in [-0.1, -0.05) is 243 Å². The number of hydrogen-bond acceptors (Lipinski definition) is 0. The summed E-state index contributed by atoms with van der Waals surface area (Å²) in [7, 11) is -2.92. The maximum Gasteiger partial charge on any atom is 0.179 e. The zero-order valence-corrected chi connectivity index (χ0v) is 45.9. The highest BCUT2D eigenvalue weighted by atomic mass is 28.3. The van der Waals surface area contributed by atoms with Crippen molar-refractivity contribution in [3.8, 4) is 50.4 Å². The van der Waals surface area contributed by atoms with Gasteiger partial charge in [0.25, 0.3) is 0 Å². The largest absolute Gasteiger partial charge is 0.309 e. The highest BCUT2D eigenvalue weighted by molar-refractivity contribution is 7.20. The van der Waals surface area contributed by atoms with Gasteiger partial charge < -0.3 is 13.7 Å². The van der Waals surface area contributed by atoms with Crippen LogP contribution in [0.4, 0.5) is 0 Å². The summed E-state index contributed by atoms with van der Waals surface area (Å²) in [5.74, 6) is 0. The van der Waals surface area contributed by atoms with Crippen LogP contribution in [0.15, 0.2) is 322 Å². The molecule has 0 aliphatic rings. The van der Waals surface area contributed by atoms with Crippen LogP contribution in [0.1, 0.15) is 0 Å². The van der Waals surface area contributed by atoms with E-state index in [9.17, 15) is 0 Å². The first kappa shape index (κ1) is 47.5. The fourth-order valence-corrected chi connectivity index (χ4v) is 18.4. The summed E-state index contributed by atoms with van der Waals surface area (Å²) in [6.45, 7) is 0. The number of para-hydroxylation sites is 2. The van der Waals surface area contributed by atoms with E-state index in [0.717, 1.165) is 28.1 Å². The fraction of sp³-hybridized carbons (Fsp3) is 0. The summed E-state index contributed by atoms with van der Waals surface area (Å²) in [5.41, 5.74) is 17.6. The first-order chi connectivity index (χ1) is 40.7. The standard InChI is InChI=1S/C78H53N3Si/c1-6-23-54(24-7-1)56-27-20-29-58(49-56)66-39-22-42-77-78(66)68-38-17-19-41-73(68)81(77)61-44-47-75-70(52-61)71-53-65(82(62-31-10-3-11-32-62,63-33-12-4-13-34-63)64-35-14-5-15-36-64)45-48-76(71)80(75)60-43-46-74-69(51-60)67-37-16-18-40-72(67)79(74)59-30-21-28-57(50-59)55-25-8-2-9-26-55/h1-53H. The Balaban J connectivity index is 0.954. The van der Waals surface area contributed by atoms with Crippen molar-refractivity contribution >= 4 is 94.2 Å². The molecule has 0 unspecified atom stereocenters. The summed E-state index contributed by atoms with van der Waals surface area (Å²) in [6.07, 6.45) is 0. The van der Waals surface area contributed by atoms with Gasteiger partial charge in [0.05, 0.1) is 33.1 Å². The van der Waals surface area contributed by atoms with Crippen molar-refractivity contribution in [1.82, 2.24) is 13.7 Å². The third-order valence-electron chi connectivity index (χ3n) is 17.2. The number of benzene rings is 13. The predicted octanol–water partition coefficient (Wildman–Crippen LogP) is 17.4. The van der Waals surface area contributed by atoms with Crippen LogP contribution in [-0.2, 0) is 0 Å². The number of nitrogens with zero attached hydrogens (tertiary/aromatic N) is 3. The third-order valence-corrected chi connectivity index (χ3v) is 21.9. The van der Waals surface area contributed by atoms with Crippen molar-refractivity contribution in [1.29, 1.82) is 0 Å². The minimum absolute atomic E-state index is 1.12. The summed E-state index contributed by atoms with van der Waals surface area (Å²) in [5, 5.41) is 12.7. The zero-order valence-electron chi connectivity index (χ0n) is 44.9. The molecule has 384 valence electrons. The molecule has 13 aromatic carbocycles. The SMILES string of the molecule is c1ccc(-c2cccc(-c3cccc4c3c3ccccc3n4-c3ccc4c(c3)c3cc([Si](c5ccccc5)(c5ccccc5)c5ccccc5)ccc3n4-c3ccc4c(c3)c3ccccc3n4-c3cccc(-c4ccccc4)c3)c2)cc1. The molecule has 16 rings (SSSR count). The second-order valence-electron chi connectivity index (χ2n) is 21.6. The molecule has 0 aliphatic heterocycles. The number of rotatable bonds is 10. The molecular formula is C78H53N3Si. The van der Waals surface area contributed by atoms with Gasteiger partial charge in [0, 0.05) is 49.4 Å². The number of aromatic nitrogens is 3. The normalized spacial score (nSPS) is 11.9. The molecular weight excluding hydrogens is 1010 g/mol. The predicted molar refractivity (Wildman–Crippen MR) is 349 cm³/mol. The van der Waals surface area contributed by atoms with Crippen LogP contribution in [0.5, 0.6) is 0 Å². The second kappa shape index (κ2) is 19.4. The van der Waals surface area contributed by atoms with Crippen molar-refractivity contribution in [3.05, 3.63) is 322 Å². The van der Waals surface area contributed by atoms with Gasteiger partial charge in [-0.3, -0.25) is 0 Å². The summed E-state index contributed by atoms with van der Waals surface area (Å²) in [4.78, 5) is 0. The lowest BCUT2D eigenvalue weighted by molar-refractivity contribution is 1.16. The molecule has 0 fully saturated rings. The Morgan fingerprint density at radius 3 is 1.16 bits per heavy atom. The Morgan fingerprint density at radius 1 is 0.195 bits per heavy atom. The van der Waals surface area contributed by atoms with Crippen LogP contribution in [0.25, 0.3) is 116 Å². The van der Waals surface area contributed by atoms with E-state index in [1.807, 2.05) is 0 Å². The van der Waals surface area contributed by atoms with Gasteiger partial charge in [-0.2, -0.15) is 0 Å². The minimum atomic E-state index is -2.92. The van der Waals surface area contributed by atoms with Crippen molar-refractivity contribution in [2.45, 2.75) is 0 Å². The Labute approximate surface area is 477 Å². The van der Waals surface area contributed by atoms with E-state index in [1.165, 1.54) is 109 Å². The molecule has 0 N–H and O–H groups in total. The Bertz CT molecular complexity index is 4980. The summed E-state index contributed by atoms with van der Waals surface area (Å²) in [6, 6.07) is 120. The van der Waals surface area contributed by atoms with Crippen LogP contribution in [0.3, 0.4) is 0 Å². The first-order valence-electron chi connectivity index (χ1n) is 28.3. The maximum atomic E-state index is 2.56. The zero-order chi connectivity index (χ0) is 54.1. The lowest BCUT2D eigenvalue weighted by atomic mass is 9.96. The lowest BCUT2D eigenvalue weighted by Crippen LogP contribution is -2.74. The highest BCUT2D eigenvalue weighted by Crippen LogP contribution is 2.42. The quantitative estimate of drug-likeness (QED) is 0.0958. The van der Waals surface area contributed by atoms with Gasteiger partial charge >= 0.3 is 0 Å². The summed E-state index contributed by atoms with van der Waals surface area (Å²) < 4.78 is 7.44. The van der Waals surface area contributed by atoms with Crippen molar-refractivity contribution in [2.75, 3.05) is 0 Å².